The highest BCUT2D eigenvalue weighted by Gasteiger charge is 2.26. The third-order valence-electron chi connectivity index (χ3n) is 4.96. The van der Waals surface area contributed by atoms with E-state index in [1.807, 2.05) is 36.1 Å². The summed E-state index contributed by atoms with van der Waals surface area (Å²) in [7, 11) is 1.65. The van der Waals surface area contributed by atoms with E-state index in [1.165, 1.54) is 11.3 Å². The number of amides is 2. The molecule has 2 amide bonds. The molecule has 1 aromatic heterocycles. The van der Waals surface area contributed by atoms with Crippen LogP contribution >= 0.6 is 22.9 Å². The maximum absolute atomic E-state index is 13.0. The lowest BCUT2D eigenvalue weighted by Crippen LogP contribution is -2.51. The molecule has 0 aliphatic carbocycles. The fourth-order valence-corrected chi connectivity index (χ4v) is 4.43. The third kappa shape index (κ3) is 6.01. The first kappa shape index (κ1) is 22.7. The van der Waals surface area contributed by atoms with Crippen LogP contribution in [0.1, 0.15) is 21.8 Å². The van der Waals surface area contributed by atoms with E-state index in [1.54, 1.807) is 7.11 Å². The third-order valence-corrected chi connectivity index (χ3v) is 6.40. The molecule has 2 aromatic rings. The molecule has 1 aliphatic rings. The number of benzene rings is 1. The summed E-state index contributed by atoms with van der Waals surface area (Å²) in [6, 6.07) is 7.46. The molecule has 1 saturated heterocycles. The highest BCUT2D eigenvalue weighted by atomic mass is 35.5. The van der Waals surface area contributed by atoms with E-state index < -0.39 is 0 Å². The second-order valence-corrected chi connectivity index (χ2v) is 8.64. The van der Waals surface area contributed by atoms with Gasteiger partial charge in [-0.05, 0) is 25.5 Å². The zero-order chi connectivity index (χ0) is 21.5. The number of aryl methyl sites for hydroxylation is 1. The van der Waals surface area contributed by atoms with Crippen LogP contribution in [-0.2, 0) is 9.53 Å². The van der Waals surface area contributed by atoms with Crippen LogP contribution in [0.25, 0.3) is 10.6 Å². The summed E-state index contributed by atoms with van der Waals surface area (Å²) < 4.78 is 4.98. The topological polar surface area (TPSA) is 74.8 Å². The highest BCUT2D eigenvalue weighted by molar-refractivity contribution is 7.17. The van der Waals surface area contributed by atoms with Crippen molar-refractivity contribution in [3.05, 3.63) is 39.9 Å². The number of nitrogens with one attached hydrogen (secondary N) is 1. The smallest absolute Gasteiger partial charge is 0.265 e. The molecular weight excluding hydrogens is 424 g/mol. The monoisotopic (exact) mass is 450 g/mol. The molecule has 30 heavy (non-hydrogen) atoms. The Morgan fingerprint density at radius 2 is 1.90 bits per heavy atom. The van der Waals surface area contributed by atoms with E-state index in [-0.39, 0.29) is 11.8 Å². The van der Waals surface area contributed by atoms with Crippen LogP contribution in [0.15, 0.2) is 24.3 Å². The van der Waals surface area contributed by atoms with Crippen LogP contribution in [0.3, 0.4) is 0 Å². The first-order valence-electron chi connectivity index (χ1n) is 9.98. The van der Waals surface area contributed by atoms with Gasteiger partial charge in [0.2, 0.25) is 5.91 Å². The SMILES string of the molecule is COCCCNC(=O)CN1CCN(C(=O)c2sc(-c3ccc(Cl)cc3)nc2C)CC1. The van der Waals surface area contributed by atoms with Gasteiger partial charge in [-0.3, -0.25) is 14.5 Å². The second kappa shape index (κ2) is 10.9. The predicted molar refractivity (Wildman–Crippen MR) is 119 cm³/mol. The van der Waals surface area contributed by atoms with Crippen molar-refractivity contribution in [2.75, 3.05) is 53.0 Å². The number of thiazole rings is 1. The average Bonchev–Trinajstić information content (AvgIpc) is 3.13. The molecule has 1 fully saturated rings. The maximum atomic E-state index is 13.0. The largest absolute Gasteiger partial charge is 0.385 e. The van der Waals surface area contributed by atoms with Gasteiger partial charge >= 0.3 is 0 Å². The quantitative estimate of drug-likeness (QED) is 0.626. The van der Waals surface area contributed by atoms with Gasteiger partial charge in [0, 0.05) is 57.0 Å². The zero-order valence-corrected chi connectivity index (χ0v) is 18.9. The molecule has 0 bridgehead atoms. The van der Waals surface area contributed by atoms with E-state index in [2.05, 4.69) is 15.2 Å². The minimum Gasteiger partial charge on any atom is -0.385 e. The molecule has 0 atom stereocenters. The average molecular weight is 451 g/mol. The molecule has 1 aliphatic heterocycles. The Morgan fingerprint density at radius 3 is 2.57 bits per heavy atom. The fourth-order valence-electron chi connectivity index (χ4n) is 3.27. The van der Waals surface area contributed by atoms with Crippen molar-refractivity contribution in [3.8, 4) is 10.6 Å². The normalized spacial score (nSPS) is 14.7. The summed E-state index contributed by atoms with van der Waals surface area (Å²) >= 11 is 7.37. The van der Waals surface area contributed by atoms with Gasteiger partial charge in [-0.2, -0.15) is 0 Å². The Labute approximate surface area is 186 Å². The van der Waals surface area contributed by atoms with E-state index in [0.717, 1.165) is 22.7 Å². The van der Waals surface area contributed by atoms with E-state index in [9.17, 15) is 9.59 Å². The van der Waals surface area contributed by atoms with Crippen molar-refractivity contribution in [2.24, 2.45) is 0 Å². The van der Waals surface area contributed by atoms with Crippen molar-refractivity contribution in [3.63, 3.8) is 0 Å². The number of carbonyl (C=O) groups excluding carboxylic acids is 2. The van der Waals surface area contributed by atoms with Gasteiger partial charge in [-0.25, -0.2) is 4.98 Å². The van der Waals surface area contributed by atoms with Crippen LogP contribution in [-0.4, -0.2) is 79.6 Å². The molecular formula is C21H27ClN4O3S. The molecule has 7 nitrogen and oxygen atoms in total. The summed E-state index contributed by atoms with van der Waals surface area (Å²) in [6.07, 6.45) is 0.802. The zero-order valence-electron chi connectivity index (χ0n) is 17.3. The number of methoxy groups -OCH3 is 1. The summed E-state index contributed by atoms with van der Waals surface area (Å²) in [5, 5.41) is 4.38. The van der Waals surface area contributed by atoms with Gasteiger partial charge < -0.3 is 15.0 Å². The number of carbonyl (C=O) groups is 2. The number of hydrogen-bond acceptors (Lipinski definition) is 6. The molecule has 0 saturated carbocycles. The van der Waals surface area contributed by atoms with Crippen LogP contribution in [0.5, 0.6) is 0 Å². The summed E-state index contributed by atoms with van der Waals surface area (Å²) in [6.45, 7) is 6.04. The lowest BCUT2D eigenvalue weighted by atomic mass is 10.2. The predicted octanol–water partition coefficient (Wildman–Crippen LogP) is 2.68. The summed E-state index contributed by atoms with van der Waals surface area (Å²) in [5.41, 5.74) is 1.70. The van der Waals surface area contributed by atoms with Gasteiger partial charge in [0.25, 0.3) is 5.91 Å². The minimum absolute atomic E-state index is 0.00822. The number of rotatable bonds is 8. The van der Waals surface area contributed by atoms with E-state index >= 15 is 0 Å². The van der Waals surface area contributed by atoms with Crippen LogP contribution < -0.4 is 5.32 Å². The maximum Gasteiger partial charge on any atom is 0.265 e. The summed E-state index contributed by atoms with van der Waals surface area (Å²) in [4.78, 5) is 34.2. The summed E-state index contributed by atoms with van der Waals surface area (Å²) in [5.74, 6) is 0.0191. The standard InChI is InChI=1S/C21H27ClN4O3S/c1-15-19(30-20(24-15)16-4-6-17(22)7-5-16)21(28)26-11-9-25(10-12-26)14-18(27)23-8-3-13-29-2/h4-7H,3,8-14H2,1-2H3,(H,23,27). The van der Waals surface area contributed by atoms with Crippen LogP contribution in [0.2, 0.25) is 5.02 Å². The molecule has 9 heteroatoms. The van der Waals surface area contributed by atoms with Gasteiger partial charge in [-0.15, -0.1) is 11.3 Å². The Balaban J connectivity index is 1.52. The Morgan fingerprint density at radius 1 is 1.20 bits per heavy atom. The van der Waals surface area contributed by atoms with Crippen LogP contribution in [0, 0.1) is 6.92 Å². The highest BCUT2D eigenvalue weighted by Crippen LogP contribution is 2.29. The Hall–Kier alpha value is -2.00. The Bertz CT molecular complexity index is 864. The number of hydrogen-bond donors (Lipinski definition) is 1. The van der Waals surface area contributed by atoms with Crippen molar-refractivity contribution in [2.45, 2.75) is 13.3 Å². The Kier molecular flexibility index (Phi) is 8.21. The number of ether oxygens (including phenoxy) is 1. The van der Waals surface area contributed by atoms with Crippen molar-refractivity contribution in [1.82, 2.24) is 20.1 Å². The van der Waals surface area contributed by atoms with Crippen molar-refractivity contribution in [1.29, 1.82) is 0 Å². The van der Waals surface area contributed by atoms with E-state index in [4.69, 9.17) is 16.3 Å². The molecule has 0 unspecified atom stereocenters. The van der Waals surface area contributed by atoms with Gasteiger partial charge in [0.05, 0.1) is 12.2 Å². The first-order valence-corrected chi connectivity index (χ1v) is 11.2. The van der Waals surface area contributed by atoms with Gasteiger partial charge in [-0.1, -0.05) is 23.7 Å². The minimum atomic E-state index is 0.00822. The number of aromatic nitrogens is 1. The van der Waals surface area contributed by atoms with Crippen LogP contribution in [0.4, 0.5) is 0 Å². The molecule has 1 N–H and O–H groups in total. The lowest BCUT2D eigenvalue weighted by molar-refractivity contribution is -0.122. The van der Waals surface area contributed by atoms with Gasteiger partial charge in [0.15, 0.2) is 0 Å². The number of halogens is 1. The van der Waals surface area contributed by atoms with E-state index in [0.29, 0.717) is 55.8 Å². The fraction of sp³-hybridized carbons (Fsp3) is 0.476. The molecule has 1 aromatic carbocycles. The lowest BCUT2D eigenvalue weighted by Gasteiger charge is -2.34. The molecule has 3 rings (SSSR count). The molecule has 2 heterocycles. The number of piperazine rings is 1. The molecule has 0 spiro atoms. The second-order valence-electron chi connectivity index (χ2n) is 7.21. The van der Waals surface area contributed by atoms with Gasteiger partial charge in [0.1, 0.15) is 9.88 Å². The molecule has 162 valence electrons. The van der Waals surface area contributed by atoms with Crippen molar-refractivity contribution < 1.29 is 14.3 Å². The number of nitrogens with zero attached hydrogens (tertiary/aromatic N) is 3. The van der Waals surface area contributed by atoms with Crippen molar-refractivity contribution >= 4 is 34.8 Å². The first-order chi connectivity index (χ1) is 14.5. The molecule has 0 radical (unpaired) electrons.